The number of sulfonamides is 1. The molecule has 0 bridgehead atoms. The number of guanidine groups is 1. The molecule has 150 valence electrons. The summed E-state index contributed by atoms with van der Waals surface area (Å²) in [4.78, 5) is 18.3. The monoisotopic (exact) mass is 388 g/mol. The predicted molar refractivity (Wildman–Crippen MR) is 101 cm³/mol. The minimum absolute atomic E-state index is 0.0293. The minimum atomic E-state index is -3.30. The van der Waals surface area contributed by atoms with Gasteiger partial charge in [0.15, 0.2) is 5.96 Å². The average molecular weight is 389 g/mol. The van der Waals surface area contributed by atoms with E-state index in [4.69, 9.17) is 4.74 Å². The smallest absolute Gasteiger partial charge is 0.310 e. The van der Waals surface area contributed by atoms with Crippen molar-refractivity contribution in [1.82, 2.24) is 14.9 Å². The van der Waals surface area contributed by atoms with Gasteiger partial charge in [-0.25, -0.2) is 13.1 Å². The Balaban J connectivity index is 1.88. The number of rotatable bonds is 8. The van der Waals surface area contributed by atoms with Gasteiger partial charge in [-0.05, 0) is 31.6 Å². The van der Waals surface area contributed by atoms with E-state index in [-0.39, 0.29) is 30.1 Å². The van der Waals surface area contributed by atoms with Crippen LogP contribution in [0.15, 0.2) is 4.99 Å². The molecule has 0 amide bonds. The molecule has 8 nitrogen and oxygen atoms in total. The first kappa shape index (κ1) is 21.0. The molecule has 0 spiro atoms. The van der Waals surface area contributed by atoms with E-state index in [9.17, 15) is 13.2 Å². The molecular formula is C17H32N4O4S. The highest BCUT2D eigenvalue weighted by atomic mass is 32.2. The largest absolute Gasteiger partial charge is 0.469 e. The molecule has 1 saturated heterocycles. The van der Waals surface area contributed by atoms with Gasteiger partial charge >= 0.3 is 5.97 Å². The highest BCUT2D eigenvalue weighted by Crippen LogP contribution is 2.25. The van der Waals surface area contributed by atoms with Crippen LogP contribution in [0.1, 0.15) is 33.1 Å². The number of ether oxygens (including phenoxy) is 1. The average Bonchev–Trinajstić information content (AvgIpc) is 2.93. The Labute approximate surface area is 156 Å². The SMILES string of the molecule is CCNC(=NCCS(=O)(=O)NCC1CCC1)N1CC(C)C(C(=O)OC)C1. The lowest BCUT2D eigenvalue weighted by atomic mass is 9.86. The number of esters is 1. The number of nitrogens with zero attached hydrogens (tertiary/aromatic N) is 2. The van der Waals surface area contributed by atoms with Crippen molar-refractivity contribution in [3.8, 4) is 0 Å². The van der Waals surface area contributed by atoms with Crippen LogP contribution < -0.4 is 10.0 Å². The Hall–Kier alpha value is -1.35. The highest BCUT2D eigenvalue weighted by molar-refractivity contribution is 7.89. The number of hydrogen-bond donors (Lipinski definition) is 2. The Bertz CT molecular complexity index is 604. The summed E-state index contributed by atoms with van der Waals surface area (Å²) in [6.45, 7) is 6.61. The van der Waals surface area contributed by atoms with Gasteiger partial charge in [-0.1, -0.05) is 13.3 Å². The molecular weight excluding hydrogens is 356 g/mol. The van der Waals surface area contributed by atoms with Crippen LogP contribution >= 0.6 is 0 Å². The zero-order valence-corrected chi connectivity index (χ0v) is 16.8. The Morgan fingerprint density at radius 2 is 2.04 bits per heavy atom. The Kier molecular flexibility index (Phi) is 7.69. The molecule has 2 aliphatic rings. The Morgan fingerprint density at radius 3 is 2.62 bits per heavy atom. The summed E-state index contributed by atoms with van der Waals surface area (Å²) in [5.74, 6) is 0.889. The lowest BCUT2D eigenvalue weighted by Crippen LogP contribution is -2.41. The molecule has 2 unspecified atom stereocenters. The van der Waals surface area contributed by atoms with Gasteiger partial charge < -0.3 is 15.0 Å². The zero-order chi connectivity index (χ0) is 19.2. The number of carbonyl (C=O) groups excluding carboxylic acids is 1. The van der Waals surface area contributed by atoms with E-state index in [1.807, 2.05) is 18.7 Å². The third-order valence-electron chi connectivity index (χ3n) is 5.19. The van der Waals surface area contributed by atoms with Crippen molar-refractivity contribution in [2.24, 2.45) is 22.7 Å². The topological polar surface area (TPSA) is 100 Å². The van der Waals surface area contributed by atoms with E-state index < -0.39 is 10.0 Å². The van der Waals surface area contributed by atoms with E-state index >= 15 is 0 Å². The Morgan fingerprint density at radius 1 is 1.31 bits per heavy atom. The van der Waals surface area contributed by atoms with Gasteiger partial charge in [-0.15, -0.1) is 0 Å². The number of aliphatic imine (C=N–C) groups is 1. The fraction of sp³-hybridized carbons (Fsp3) is 0.882. The van der Waals surface area contributed by atoms with Gasteiger partial charge in [-0.2, -0.15) is 0 Å². The second kappa shape index (κ2) is 9.55. The predicted octanol–water partition coefficient (Wildman–Crippen LogP) is 0.412. The van der Waals surface area contributed by atoms with E-state index in [0.717, 1.165) is 12.8 Å². The normalized spacial score (nSPS) is 24.4. The van der Waals surface area contributed by atoms with Crippen molar-refractivity contribution in [3.63, 3.8) is 0 Å². The lowest BCUT2D eigenvalue weighted by Gasteiger charge is -2.25. The van der Waals surface area contributed by atoms with Crippen molar-refractivity contribution in [3.05, 3.63) is 0 Å². The number of methoxy groups -OCH3 is 1. The number of hydrogen-bond acceptors (Lipinski definition) is 5. The molecule has 0 aromatic rings. The van der Waals surface area contributed by atoms with Gasteiger partial charge in [0, 0.05) is 26.2 Å². The molecule has 0 aromatic heterocycles. The van der Waals surface area contributed by atoms with Crippen LogP contribution in [0.5, 0.6) is 0 Å². The zero-order valence-electron chi connectivity index (χ0n) is 16.0. The molecule has 2 rings (SSSR count). The van der Waals surface area contributed by atoms with E-state index in [1.54, 1.807) is 0 Å². The van der Waals surface area contributed by atoms with Crippen LogP contribution in [-0.4, -0.2) is 70.8 Å². The van der Waals surface area contributed by atoms with Crippen LogP contribution in [-0.2, 0) is 19.6 Å². The van der Waals surface area contributed by atoms with E-state index in [1.165, 1.54) is 13.5 Å². The first-order chi connectivity index (χ1) is 12.4. The fourth-order valence-corrected chi connectivity index (χ4v) is 4.28. The van der Waals surface area contributed by atoms with Gasteiger partial charge in [0.1, 0.15) is 0 Å². The molecule has 1 saturated carbocycles. The molecule has 0 radical (unpaired) electrons. The molecule has 1 aliphatic heterocycles. The maximum atomic E-state index is 12.1. The van der Waals surface area contributed by atoms with Crippen LogP contribution in [0.3, 0.4) is 0 Å². The van der Waals surface area contributed by atoms with Crippen molar-refractivity contribution in [2.45, 2.75) is 33.1 Å². The summed E-state index contributed by atoms with van der Waals surface area (Å²) in [7, 11) is -1.90. The molecule has 2 atom stereocenters. The second-order valence-corrected chi connectivity index (χ2v) is 9.14. The second-order valence-electron chi connectivity index (χ2n) is 7.21. The molecule has 1 heterocycles. The summed E-state index contributed by atoms with van der Waals surface area (Å²) in [5.41, 5.74) is 0. The van der Waals surface area contributed by atoms with Crippen LogP contribution in [0.2, 0.25) is 0 Å². The highest BCUT2D eigenvalue weighted by Gasteiger charge is 2.36. The molecule has 0 aromatic carbocycles. The summed E-state index contributed by atoms with van der Waals surface area (Å²) in [6, 6.07) is 0. The quantitative estimate of drug-likeness (QED) is 0.355. The number of likely N-dealkylation sites (tertiary alicyclic amines) is 1. The van der Waals surface area contributed by atoms with Crippen molar-refractivity contribution < 1.29 is 17.9 Å². The number of carbonyl (C=O) groups is 1. The minimum Gasteiger partial charge on any atom is -0.469 e. The molecule has 26 heavy (non-hydrogen) atoms. The lowest BCUT2D eigenvalue weighted by molar-refractivity contribution is -0.145. The summed E-state index contributed by atoms with van der Waals surface area (Å²) >= 11 is 0. The number of nitrogens with one attached hydrogen (secondary N) is 2. The molecule has 2 N–H and O–H groups in total. The van der Waals surface area contributed by atoms with Crippen molar-refractivity contribution in [2.75, 3.05) is 45.6 Å². The fourth-order valence-electron chi connectivity index (χ4n) is 3.31. The van der Waals surface area contributed by atoms with Gasteiger partial charge in [0.25, 0.3) is 0 Å². The van der Waals surface area contributed by atoms with E-state index in [2.05, 4.69) is 15.0 Å². The molecule has 9 heteroatoms. The maximum absolute atomic E-state index is 12.1. The molecule has 1 aliphatic carbocycles. The third-order valence-corrected chi connectivity index (χ3v) is 6.52. The van der Waals surface area contributed by atoms with Crippen LogP contribution in [0.4, 0.5) is 0 Å². The standard InChI is InChI=1S/C17H32N4O4S/c1-4-18-17(21-11-13(2)15(12-21)16(22)25-3)19-8-9-26(23,24)20-10-14-6-5-7-14/h13-15,20H,4-12H2,1-3H3,(H,18,19). The van der Waals surface area contributed by atoms with Crippen LogP contribution in [0, 0.1) is 17.8 Å². The summed E-state index contributed by atoms with van der Waals surface area (Å²) < 4.78 is 31.7. The first-order valence-electron chi connectivity index (χ1n) is 9.44. The summed E-state index contributed by atoms with van der Waals surface area (Å²) in [6.07, 6.45) is 3.42. The van der Waals surface area contributed by atoms with Gasteiger partial charge in [0.05, 0.1) is 25.3 Å². The maximum Gasteiger partial charge on any atom is 0.310 e. The van der Waals surface area contributed by atoms with Crippen LogP contribution in [0.25, 0.3) is 0 Å². The van der Waals surface area contributed by atoms with Gasteiger partial charge in [-0.3, -0.25) is 9.79 Å². The van der Waals surface area contributed by atoms with Crippen molar-refractivity contribution in [1.29, 1.82) is 0 Å². The van der Waals surface area contributed by atoms with E-state index in [0.29, 0.717) is 38.1 Å². The summed E-state index contributed by atoms with van der Waals surface area (Å²) in [5, 5.41) is 3.19. The van der Waals surface area contributed by atoms with Crippen molar-refractivity contribution >= 4 is 22.0 Å². The third kappa shape index (κ3) is 5.84. The first-order valence-corrected chi connectivity index (χ1v) is 11.1. The molecule has 2 fully saturated rings. The van der Waals surface area contributed by atoms with Gasteiger partial charge in [0.2, 0.25) is 10.0 Å².